The normalized spacial score (nSPS) is 14.0. The van der Waals surface area contributed by atoms with Gasteiger partial charge in [-0.05, 0) is 73.4 Å². The van der Waals surface area contributed by atoms with Gasteiger partial charge in [0.2, 0.25) is 0 Å². The maximum absolute atomic E-state index is 12.6. The number of hydrogen-bond acceptors (Lipinski definition) is 3. The number of esters is 1. The second-order valence-electron chi connectivity index (χ2n) is 7.57. The molecule has 1 atom stereocenters. The van der Waals surface area contributed by atoms with Crippen LogP contribution in [0, 0.1) is 6.92 Å². The minimum Gasteiger partial charge on any atom is -0.449 e. The highest BCUT2D eigenvalue weighted by molar-refractivity contribution is 5.98. The van der Waals surface area contributed by atoms with E-state index in [1.807, 2.05) is 37.3 Å². The maximum atomic E-state index is 12.6. The maximum Gasteiger partial charge on any atom is 0.338 e. The third-order valence-corrected chi connectivity index (χ3v) is 5.16. The van der Waals surface area contributed by atoms with E-state index in [0.717, 1.165) is 36.1 Å². The molecule has 0 saturated carbocycles. The van der Waals surface area contributed by atoms with Crippen molar-refractivity contribution in [2.24, 2.45) is 0 Å². The van der Waals surface area contributed by atoms with Gasteiger partial charge in [0, 0.05) is 5.69 Å². The van der Waals surface area contributed by atoms with E-state index in [9.17, 15) is 9.59 Å². The molecule has 142 valence electrons. The molecule has 4 nitrogen and oxygen atoms in total. The van der Waals surface area contributed by atoms with E-state index in [4.69, 9.17) is 4.74 Å². The van der Waals surface area contributed by atoms with E-state index in [-0.39, 0.29) is 11.8 Å². The zero-order valence-electron chi connectivity index (χ0n) is 16.5. The van der Waals surface area contributed by atoms with Gasteiger partial charge < -0.3 is 10.1 Å². The monoisotopic (exact) mass is 365 g/mol. The molecule has 0 saturated heterocycles. The van der Waals surface area contributed by atoms with Gasteiger partial charge in [-0.2, -0.15) is 0 Å². The number of amides is 1. The van der Waals surface area contributed by atoms with Gasteiger partial charge >= 0.3 is 5.97 Å². The van der Waals surface area contributed by atoms with Gasteiger partial charge in [-0.25, -0.2) is 4.79 Å². The third-order valence-electron chi connectivity index (χ3n) is 5.16. The van der Waals surface area contributed by atoms with E-state index >= 15 is 0 Å². The summed E-state index contributed by atoms with van der Waals surface area (Å²) in [6.45, 7) is 7.74. The van der Waals surface area contributed by atoms with Crippen molar-refractivity contribution in [3.63, 3.8) is 0 Å². The lowest BCUT2D eigenvalue weighted by molar-refractivity contribution is -0.123. The molecule has 0 unspecified atom stereocenters. The average Bonchev–Trinajstić information content (AvgIpc) is 3.10. The number of aryl methyl sites for hydroxylation is 3. The number of fused-ring (bicyclic) bond motifs is 1. The Morgan fingerprint density at radius 3 is 2.52 bits per heavy atom. The lowest BCUT2D eigenvalue weighted by Gasteiger charge is -2.19. The first kappa shape index (κ1) is 19.2. The largest absolute Gasteiger partial charge is 0.449 e. The van der Waals surface area contributed by atoms with Gasteiger partial charge in [-0.3, -0.25) is 4.79 Å². The van der Waals surface area contributed by atoms with Crippen LogP contribution in [0.15, 0.2) is 36.4 Å². The van der Waals surface area contributed by atoms with E-state index in [1.54, 1.807) is 13.0 Å². The molecule has 2 aromatic rings. The van der Waals surface area contributed by atoms with Crippen molar-refractivity contribution < 1.29 is 14.3 Å². The quantitative estimate of drug-likeness (QED) is 0.775. The fourth-order valence-electron chi connectivity index (χ4n) is 3.55. The van der Waals surface area contributed by atoms with Crippen molar-refractivity contribution >= 4 is 17.6 Å². The molecule has 0 radical (unpaired) electrons. The highest BCUT2D eigenvalue weighted by Gasteiger charge is 2.22. The van der Waals surface area contributed by atoms with Crippen LogP contribution in [0.4, 0.5) is 5.69 Å². The first-order valence-electron chi connectivity index (χ1n) is 9.60. The number of anilines is 1. The van der Waals surface area contributed by atoms with Crippen LogP contribution < -0.4 is 5.32 Å². The molecule has 3 rings (SSSR count). The molecule has 0 heterocycles. The molecule has 1 N–H and O–H groups in total. The summed E-state index contributed by atoms with van der Waals surface area (Å²) in [5.74, 6) is -0.494. The van der Waals surface area contributed by atoms with Crippen LogP contribution in [0.25, 0.3) is 0 Å². The second kappa shape index (κ2) is 7.95. The molecular weight excluding hydrogens is 338 g/mol. The number of carbonyl (C=O) groups excluding carboxylic acids is 2. The van der Waals surface area contributed by atoms with Crippen molar-refractivity contribution in [1.82, 2.24) is 0 Å². The zero-order valence-corrected chi connectivity index (χ0v) is 16.5. The summed E-state index contributed by atoms with van der Waals surface area (Å²) in [6.07, 6.45) is 2.32. The number of rotatable bonds is 5. The molecule has 1 amide bonds. The highest BCUT2D eigenvalue weighted by Crippen LogP contribution is 2.28. The molecule has 0 aromatic heterocycles. The van der Waals surface area contributed by atoms with Crippen molar-refractivity contribution in [2.45, 2.75) is 59.0 Å². The topological polar surface area (TPSA) is 55.4 Å². The minimum atomic E-state index is -0.870. The zero-order chi connectivity index (χ0) is 19.6. The van der Waals surface area contributed by atoms with Gasteiger partial charge in [0.05, 0.1) is 5.56 Å². The number of para-hydroxylation sites is 1. The first-order chi connectivity index (χ1) is 12.9. The Balaban J connectivity index is 1.69. The Bertz CT molecular complexity index is 870. The number of benzene rings is 2. The molecule has 1 aliphatic rings. The van der Waals surface area contributed by atoms with E-state index in [1.165, 1.54) is 11.1 Å². The third kappa shape index (κ3) is 4.21. The predicted octanol–water partition coefficient (Wildman–Crippen LogP) is 4.79. The van der Waals surface area contributed by atoms with Gasteiger partial charge in [0.25, 0.3) is 5.91 Å². The van der Waals surface area contributed by atoms with Crippen molar-refractivity contribution in [3.05, 3.63) is 64.2 Å². The molecule has 0 aliphatic heterocycles. The number of hydrogen-bond donors (Lipinski definition) is 1. The summed E-state index contributed by atoms with van der Waals surface area (Å²) in [5, 5.41) is 2.94. The van der Waals surface area contributed by atoms with Gasteiger partial charge in [-0.15, -0.1) is 0 Å². The first-order valence-corrected chi connectivity index (χ1v) is 9.60. The second-order valence-corrected chi connectivity index (χ2v) is 7.57. The summed E-state index contributed by atoms with van der Waals surface area (Å²) in [4.78, 5) is 25.1. The fourth-order valence-corrected chi connectivity index (χ4v) is 3.55. The lowest BCUT2D eigenvalue weighted by Crippen LogP contribution is -2.30. The molecular formula is C23H27NO3. The van der Waals surface area contributed by atoms with Gasteiger partial charge in [0.1, 0.15) is 0 Å². The Kier molecular flexibility index (Phi) is 5.64. The summed E-state index contributed by atoms with van der Waals surface area (Å²) in [5.41, 5.74) is 5.89. The van der Waals surface area contributed by atoms with E-state index < -0.39 is 12.1 Å². The predicted molar refractivity (Wildman–Crippen MR) is 107 cm³/mol. The molecule has 0 fully saturated rings. The number of carbonyl (C=O) groups is 2. The molecule has 1 aliphatic carbocycles. The Morgan fingerprint density at radius 1 is 1.04 bits per heavy atom. The van der Waals surface area contributed by atoms with Crippen LogP contribution >= 0.6 is 0 Å². The Labute approximate surface area is 160 Å². The summed E-state index contributed by atoms with van der Waals surface area (Å²) in [7, 11) is 0. The average molecular weight is 365 g/mol. The molecule has 2 aromatic carbocycles. The van der Waals surface area contributed by atoms with Gasteiger partial charge in [-0.1, -0.05) is 38.1 Å². The van der Waals surface area contributed by atoms with Crippen LogP contribution in [0.5, 0.6) is 0 Å². The lowest BCUT2D eigenvalue weighted by atomic mass is 9.98. The summed E-state index contributed by atoms with van der Waals surface area (Å²) in [6, 6.07) is 11.6. The summed E-state index contributed by atoms with van der Waals surface area (Å²) >= 11 is 0. The van der Waals surface area contributed by atoms with Crippen LogP contribution in [0.2, 0.25) is 0 Å². The van der Waals surface area contributed by atoms with Gasteiger partial charge in [0.15, 0.2) is 6.10 Å². The molecule has 0 bridgehead atoms. The van der Waals surface area contributed by atoms with Crippen molar-refractivity contribution in [3.8, 4) is 0 Å². The molecule has 4 heteroatoms. The van der Waals surface area contributed by atoms with Crippen LogP contribution in [0.3, 0.4) is 0 Å². The van der Waals surface area contributed by atoms with E-state index in [0.29, 0.717) is 5.56 Å². The minimum absolute atomic E-state index is 0.282. The fraction of sp³-hybridized carbons (Fsp3) is 0.391. The Hall–Kier alpha value is -2.62. The smallest absolute Gasteiger partial charge is 0.338 e. The standard InChI is InChI=1S/C23H27NO3/c1-14(2)20-10-5-7-15(3)21(20)24-22(25)16(4)27-23(26)19-12-11-17-8-6-9-18(17)13-19/h5,7,10-14,16H,6,8-9H2,1-4H3,(H,24,25)/t16-/m1/s1. The highest BCUT2D eigenvalue weighted by atomic mass is 16.5. The van der Waals surface area contributed by atoms with Crippen molar-refractivity contribution in [1.29, 1.82) is 0 Å². The van der Waals surface area contributed by atoms with Crippen LogP contribution in [0.1, 0.15) is 65.7 Å². The number of ether oxygens (including phenoxy) is 1. The number of nitrogens with one attached hydrogen (secondary N) is 1. The Morgan fingerprint density at radius 2 is 1.78 bits per heavy atom. The van der Waals surface area contributed by atoms with E-state index in [2.05, 4.69) is 19.2 Å². The summed E-state index contributed by atoms with van der Waals surface area (Å²) < 4.78 is 5.42. The van der Waals surface area contributed by atoms with Crippen LogP contribution in [-0.2, 0) is 22.4 Å². The SMILES string of the molecule is Cc1cccc(C(C)C)c1NC(=O)[C@@H](C)OC(=O)c1ccc2c(c1)CCC2. The molecule has 0 spiro atoms. The molecule has 27 heavy (non-hydrogen) atoms. The van der Waals surface area contributed by atoms with Crippen molar-refractivity contribution in [2.75, 3.05) is 5.32 Å². The van der Waals surface area contributed by atoms with Crippen LogP contribution in [-0.4, -0.2) is 18.0 Å².